The van der Waals surface area contributed by atoms with Crippen LogP contribution < -0.4 is 5.73 Å². The second-order valence-electron chi connectivity index (χ2n) is 5.49. The van der Waals surface area contributed by atoms with E-state index in [9.17, 15) is 0 Å². The van der Waals surface area contributed by atoms with Gasteiger partial charge in [-0.3, -0.25) is 0 Å². The van der Waals surface area contributed by atoms with E-state index in [0.717, 1.165) is 6.54 Å². The molecule has 1 aromatic carbocycles. The Kier molecular flexibility index (Phi) is 3.65. The number of imidazole rings is 1. The smallest absolute Gasteiger partial charge is 0.0948 e. The summed E-state index contributed by atoms with van der Waals surface area (Å²) in [6.45, 7) is 0.768. The number of hydrogen-bond acceptors (Lipinski definition) is 2. The lowest BCUT2D eigenvalue weighted by atomic mass is 9.75. The third-order valence-electron chi connectivity index (χ3n) is 4.44. The van der Waals surface area contributed by atoms with E-state index in [1.165, 1.54) is 24.8 Å². The molecule has 100 valence electrons. The standard InChI is InChI=1S/C16H21N3/c17-11-15-7-6-14(13-4-2-1-3-5-13)10-16(15)19-9-8-18-12-19/h1-5,8-9,12,14-16H,6-7,10-11,17H2. The van der Waals surface area contributed by atoms with Gasteiger partial charge in [0.1, 0.15) is 0 Å². The van der Waals surface area contributed by atoms with Crippen LogP contribution >= 0.6 is 0 Å². The summed E-state index contributed by atoms with van der Waals surface area (Å²) in [4.78, 5) is 4.19. The number of rotatable bonds is 3. The van der Waals surface area contributed by atoms with Gasteiger partial charge in [0, 0.05) is 18.4 Å². The van der Waals surface area contributed by atoms with Crippen molar-refractivity contribution in [3.8, 4) is 0 Å². The molecule has 3 unspecified atom stereocenters. The summed E-state index contributed by atoms with van der Waals surface area (Å²) in [7, 11) is 0. The van der Waals surface area contributed by atoms with Gasteiger partial charge in [0.2, 0.25) is 0 Å². The van der Waals surface area contributed by atoms with Gasteiger partial charge >= 0.3 is 0 Å². The first-order valence-electron chi connectivity index (χ1n) is 7.11. The zero-order valence-electron chi connectivity index (χ0n) is 11.2. The second-order valence-corrected chi connectivity index (χ2v) is 5.49. The molecule has 0 bridgehead atoms. The van der Waals surface area contributed by atoms with Crippen LogP contribution in [-0.4, -0.2) is 16.1 Å². The summed E-state index contributed by atoms with van der Waals surface area (Å²) in [5.74, 6) is 1.23. The second kappa shape index (κ2) is 5.57. The van der Waals surface area contributed by atoms with Crippen LogP contribution in [0.15, 0.2) is 49.1 Å². The molecule has 0 aliphatic heterocycles. The molecule has 1 heterocycles. The van der Waals surface area contributed by atoms with Crippen LogP contribution in [0.3, 0.4) is 0 Å². The van der Waals surface area contributed by atoms with Gasteiger partial charge in [-0.25, -0.2) is 4.98 Å². The zero-order chi connectivity index (χ0) is 13.1. The van der Waals surface area contributed by atoms with Crippen LogP contribution in [0.2, 0.25) is 0 Å². The van der Waals surface area contributed by atoms with Crippen molar-refractivity contribution in [1.82, 2.24) is 9.55 Å². The molecule has 0 amide bonds. The van der Waals surface area contributed by atoms with Gasteiger partial charge in [-0.1, -0.05) is 30.3 Å². The lowest BCUT2D eigenvalue weighted by Gasteiger charge is -2.36. The number of nitrogens with zero attached hydrogens (tertiary/aromatic N) is 2. The van der Waals surface area contributed by atoms with Gasteiger partial charge in [-0.05, 0) is 43.2 Å². The molecule has 3 atom stereocenters. The van der Waals surface area contributed by atoms with Crippen molar-refractivity contribution in [2.45, 2.75) is 31.2 Å². The monoisotopic (exact) mass is 255 g/mol. The molecule has 1 aliphatic rings. The Balaban J connectivity index is 1.81. The van der Waals surface area contributed by atoms with Crippen molar-refractivity contribution in [2.24, 2.45) is 11.7 Å². The van der Waals surface area contributed by atoms with Crippen LogP contribution in [0, 0.1) is 5.92 Å². The number of aromatic nitrogens is 2. The highest BCUT2D eigenvalue weighted by molar-refractivity contribution is 5.20. The molecule has 1 fully saturated rings. The molecule has 1 aromatic heterocycles. The zero-order valence-corrected chi connectivity index (χ0v) is 11.2. The minimum absolute atomic E-state index is 0.492. The Hall–Kier alpha value is -1.61. The van der Waals surface area contributed by atoms with Crippen molar-refractivity contribution in [2.75, 3.05) is 6.54 Å². The van der Waals surface area contributed by atoms with E-state index >= 15 is 0 Å². The van der Waals surface area contributed by atoms with E-state index in [-0.39, 0.29) is 0 Å². The van der Waals surface area contributed by atoms with Crippen LogP contribution in [0.25, 0.3) is 0 Å². The fraction of sp³-hybridized carbons (Fsp3) is 0.438. The van der Waals surface area contributed by atoms with E-state index in [1.807, 2.05) is 12.5 Å². The third kappa shape index (κ3) is 2.56. The Morgan fingerprint density at radius 1 is 1.21 bits per heavy atom. The van der Waals surface area contributed by atoms with Gasteiger partial charge in [-0.2, -0.15) is 0 Å². The highest BCUT2D eigenvalue weighted by Crippen LogP contribution is 2.41. The Bertz CT molecular complexity index is 492. The molecule has 0 saturated heterocycles. The predicted molar refractivity (Wildman–Crippen MR) is 76.8 cm³/mol. The molecule has 3 heteroatoms. The van der Waals surface area contributed by atoms with Gasteiger partial charge in [0.05, 0.1) is 6.33 Å². The molecule has 0 spiro atoms. The number of nitrogens with two attached hydrogens (primary N) is 1. The Labute approximate surface area is 114 Å². The molecule has 19 heavy (non-hydrogen) atoms. The van der Waals surface area contributed by atoms with Crippen LogP contribution in [-0.2, 0) is 0 Å². The molecular formula is C16H21N3. The van der Waals surface area contributed by atoms with E-state index in [0.29, 0.717) is 17.9 Å². The first-order valence-corrected chi connectivity index (χ1v) is 7.11. The van der Waals surface area contributed by atoms with Gasteiger partial charge < -0.3 is 10.3 Å². The molecule has 2 N–H and O–H groups in total. The lowest BCUT2D eigenvalue weighted by molar-refractivity contribution is 0.223. The maximum absolute atomic E-state index is 5.95. The fourth-order valence-electron chi connectivity index (χ4n) is 3.34. The first-order chi connectivity index (χ1) is 9.38. The lowest BCUT2D eigenvalue weighted by Crippen LogP contribution is -2.31. The van der Waals surface area contributed by atoms with Gasteiger partial charge in [0.25, 0.3) is 0 Å². The van der Waals surface area contributed by atoms with Crippen molar-refractivity contribution in [3.05, 3.63) is 54.6 Å². The first kappa shape index (κ1) is 12.4. The van der Waals surface area contributed by atoms with Gasteiger partial charge in [-0.15, -0.1) is 0 Å². The normalized spacial score (nSPS) is 27.3. The SMILES string of the molecule is NCC1CCC(c2ccccc2)CC1n1ccnc1. The molecule has 1 saturated carbocycles. The average molecular weight is 255 g/mol. The van der Waals surface area contributed by atoms with E-state index in [1.54, 1.807) is 0 Å². The van der Waals surface area contributed by atoms with E-state index < -0.39 is 0 Å². The summed E-state index contributed by atoms with van der Waals surface area (Å²) in [5, 5.41) is 0. The molecular weight excluding hydrogens is 234 g/mol. The maximum Gasteiger partial charge on any atom is 0.0948 e. The number of hydrogen-bond donors (Lipinski definition) is 1. The van der Waals surface area contributed by atoms with Crippen LogP contribution in [0.4, 0.5) is 0 Å². The summed E-state index contributed by atoms with van der Waals surface area (Å²) in [6.07, 6.45) is 9.49. The molecule has 2 aromatic rings. The quantitative estimate of drug-likeness (QED) is 0.916. The van der Waals surface area contributed by atoms with E-state index in [4.69, 9.17) is 5.73 Å². The van der Waals surface area contributed by atoms with Crippen LogP contribution in [0.5, 0.6) is 0 Å². The Morgan fingerprint density at radius 2 is 2.05 bits per heavy atom. The van der Waals surface area contributed by atoms with Crippen molar-refractivity contribution in [3.63, 3.8) is 0 Å². The van der Waals surface area contributed by atoms with E-state index in [2.05, 4.69) is 46.1 Å². The largest absolute Gasteiger partial charge is 0.334 e. The third-order valence-corrected chi connectivity index (χ3v) is 4.44. The van der Waals surface area contributed by atoms with Crippen molar-refractivity contribution < 1.29 is 0 Å². The fourth-order valence-corrected chi connectivity index (χ4v) is 3.34. The summed E-state index contributed by atoms with van der Waals surface area (Å²) in [5.41, 5.74) is 7.41. The summed E-state index contributed by atoms with van der Waals surface area (Å²) in [6, 6.07) is 11.3. The molecule has 0 radical (unpaired) electrons. The maximum atomic E-state index is 5.95. The highest BCUT2D eigenvalue weighted by Gasteiger charge is 2.31. The Morgan fingerprint density at radius 3 is 2.74 bits per heavy atom. The molecule has 3 rings (SSSR count). The minimum atomic E-state index is 0.492. The van der Waals surface area contributed by atoms with Crippen LogP contribution in [0.1, 0.15) is 36.8 Å². The summed E-state index contributed by atoms with van der Waals surface area (Å²) >= 11 is 0. The molecule has 3 nitrogen and oxygen atoms in total. The average Bonchev–Trinajstić information content (AvgIpc) is 3.01. The molecule has 1 aliphatic carbocycles. The predicted octanol–water partition coefficient (Wildman–Crippen LogP) is 2.97. The van der Waals surface area contributed by atoms with Gasteiger partial charge in [0.15, 0.2) is 0 Å². The number of benzene rings is 1. The van der Waals surface area contributed by atoms with Crippen molar-refractivity contribution in [1.29, 1.82) is 0 Å². The van der Waals surface area contributed by atoms with Crippen molar-refractivity contribution >= 4 is 0 Å². The minimum Gasteiger partial charge on any atom is -0.334 e. The highest BCUT2D eigenvalue weighted by atomic mass is 15.1. The summed E-state index contributed by atoms with van der Waals surface area (Å²) < 4.78 is 2.24. The topological polar surface area (TPSA) is 43.8 Å².